The Balaban J connectivity index is 2.26. The van der Waals surface area contributed by atoms with E-state index in [9.17, 15) is 13.2 Å². The Hall–Kier alpha value is -2.78. The minimum absolute atomic E-state index is 0.0343. The van der Waals surface area contributed by atoms with E-state index in [1.807, 2.05) is 6.92 Å². The van der Waals surface area contributed by atoms with Crippen molar-refractivity contribution in [3.63, 3.8) is 0 Å². The Morgan fingerprint density at radius 2 is 1.43 bits per heavy atom. The smallest absolute Gasteiger partial charge is 0.266 e. The van der Waals surface area contributed by atoms with Crippen molar-refractivity contribution >= 4 is 15.9 Å². The monoisotopic (exact) mass is 408 g/mol. The van der Waals surface area contributed by atoms with Crippen LogP contribution in [0.4, 0.5) is 0 Å². The van der Waals surface area contributed by atoms with Crippen LogP contribution >= 0.6 is 0 Å². The van der Waals surface area contributed by atoms with Crippen molar-refractivity contribution in [3.8, 4) is 17.2 Å². The summed E-state index contributed by atoms with van der Waals surface area (Å²) in [6.07, 6.45) is 0. The molecule has 9 heteroatoms. The summed E-state index contributed by atoms with van der Waals surface area (Å²) < 4.78 is 41.2. The summed E-state index contributed by atoms with van der Waals surface area (Å²) in [6.45, 7) is 6.54. The maximum absolute atomic E-state index is 12.5. The molecule has 0 saturated heterocycles. The van der Waals surface area contributed by atoms with Crippen LogP contribution in [-0.2, 0) is 10.0 Å². The van der Waals surface area contributed by atoms with Gasteiger partial charge in [0.1, 0.15) is 0 Å². The zero-order chi connectivity index (χ0) is 20.6. The van der Waals surface area contributed by atoms with E-state index < -0.39 is 15.9 Å². The molecule has 2 N–H and O–H groups in total. The molecule has 0 aromatic heterocycles. The number of benzene rings is 2. The van der Waals surface area contributed by atoms with Crippen LogP contribution in [0.15, 0.2) is 47.4 Å². The molecule has 0 atom stereocenters. The number of hydrogen-bond donors (Lipinski definition) is 2. The molecule has 2 rings (SSSR count). The van der Waals surface area contributed by atoms with Gasteiger partial charge in [-0.2, -0.15) is 0 Å². The second-order valence-electron chi connectivity index (χ2n) is 5.47. The summed E-state index contributed by atoms with van der Waals surface area (Å²) in [6, 6.07) is 10.7. The lowest BCUT2D eigenvalue weighted by Gasteiger charge is -2.17. The van der Waals surface area contributed by atoms with Crippen LogP contribution in [0.1, 0.15) is 31.1 Å². The Morgan fingerprint density at radius 1 is 0.893 bits per heavy atom. The molecular formula is C19H24N2O6S. The number of rotatable bonds is 10. The van der Waals surface area contributed by atoms with Crippen LogP contribution in [0.5, 0.6) is 17.2 Å². The zero-order valence-electron chi connectivity index (χ0n) is 16.0. The minimum atomic E-state index is -3.89. The predicted molar refractivity (Wildman–Crippen MR) is 104 cm³/mol. The second kappa shape index (κ2) is 9.95. The maximum Gasteiger partial charge on any atom is 0.266 e. The van der Waals surface area contributed by atoms with Gasteiger partial charge in [0.25, 0.3) is 15.9 Å². The third-order valence-corrected chi connectivity index (χ3v) is 4.79. The summed E-state index contributed by atoms with van der Waals surface area (Å²) in [4.78, 5) is 14.6. The predicted octanol–water partition coefficient (Wildman–Crippen LogP) is 2.51. The first-order chi connectivity index (χ1) is 13.4. The molecule has 0 aliphatic heterocycles. The van der Waals surface area contributed by atoms with Gasteiger partial charge in [-0.05, 0) is 45.0 Å². The van der Waals surface area contributed by atoms with E-state index >= 15 is 0 Å². The van der Waals surface area contributed by atoms with Crippen LogP contribution in [0.2, 0.25) is 0 Å². The average Bonchev–Trinajstić information content (AvgIpc) is 2.69. The fourth-order valence-electron chi connectivity index (χ4n) is 2.36. The lowest BCUT2D eigenvalue weighted by atomic mass is 10.1. The van der Waals surface area contributed by atoms with Gasteiger partial charge in [0.05, 0.1) is 24.7 Å². The number of sulfonamides is 1. The number of nitrogens with one attached hydrogen (secondary N) is 2. The fourth-order valence-corrected chi connectivity index (χ4v) is 3.22. The SMILES string of the molecule is CCOc1cc(C(=O)NNS(=O)(=O)c2ccccc2)cc(OCC)c1OCC. The quantitative estimate of drug-likeness (QED) is 0.586. The average molecular weight is 408 g/mol. The van der Waals surface area contributed by atoms with Gasteiger partial charge in [-0.1, -0.05) is 18.2 Å². The van der Waals surface area contributed by atoms with Gasteiger partial charge < -0.3 is 14.2 Å². The van der Waals surface area contributed by atoms with Crippen molar-refractivity contribution < 1.29 is 27.4 Å². The number of carbonyl (C=O) groups excluding carboxylic acids is 1. The van der Waals surface area contributed by atoms with Gasteiger partial charge in [0.2, 0.25) is 5.75 Å². The third kappa shape index (κ3) is 5.37. The van der Waals surface area contributed by atoms with E-state index in [2.05, 4.69) is 10.3 Å². The van der Waals surface area contributed by atoms with Gasteiger partial charge in [-0.15, -0.1) is 4.83 Å². The summed E-state index contributed by atoms with van der Waals surface area (Å²) >= 11 is 0. The highest BCUT2D eigenvalue weighted by atomic mass is 32.2. The normalized spacial score (nSPS) is 11.0. The molecule has 0 bridgehead atoms. The Labute approximate surface area is 164 Å². The lowest BCUT2D eigenvalue weighted by molar-refractivity contribution is 0.0944. The number of amides is 1. The Kier molecular flexibility index (Phi) is 7.65. The molecule has 0 heterocycles. The van der Waals surface area contributed by atoms with Crippen molar-refractivity contribution in [1.82, 2.24) is 10.3 Å². The van der Waals surface area contributed by atoms with Crippen LogP contribution in [-0.4, -0.2) is 34.1 Å². The van der Waals surface area contributed by atoms with Crippen molar-refractivity contribution in [2.75, 3.05) is 19.8 Å². The van der Waals surface area contributed by atoms with Gasteiger partial charge in [-0.25, -0.2) is 8.42 Å². The molecule has 0 fully saturated rings. The standard InChI is InChI=1S/C19H24N2O6S/c1-4-25-16-12-14(13-17(26-5-2)18(16)27-6-3)19(22)20-21-28(23,24)15-10-8-7-9-11-15/h7-13,21H,4-6H2,1-3H3,(H,20,22). The largest absolute Gasteiger partial charge is 0.490 e. The van der Waals surface area contributed by atoms with Crippen LogP contribution in [0.25, 0.3) is 0 Å². The first-order valence-electron chi connectivity index (χ1n) is 8.86. The molecule has 8 nitrogen and oxygen atoms in total. The summed E-state index contributed by atoms with van der Waals surface area (Å²) in [5, 5.41) is 0. The van der Waals surface area contributed by atoms with Crippen molar-refractivity contribution in [3.05, 3.63) is 48.0 Å². The van der Waals surface area contributed by atoms with E-state index in [4.69, 9.17) is 14.2 Å². The van der Waals surface area contributed by atoms with Gasteiger partial charge >= 0.3 is 0 Å². The topological polar surface area (TPSA) is 103 Å². The molecule has 0 aliphatic carbocycles. The molecule has 2 aromatic rings. The fraction of sp³-hybridized carbons (Fsp3) is 0.316. The summed E-state index contributed by atoms with van der Waals surface area (Å²) in [7, 11) is -3.89. The molecule has 28 heavy (non-hydrogen) atoms. The van der Waals surface area contributed by atoms with Crippen molar-refractivity contribution in [2.24, 2.45) is 0 Å². The molecule has 0 radical (unpaired) electrons. The summed E-state index contributed by atoms with van der Waals surface area (Å²) in [5.41, 5.74) is 2.36. The Bertz CT molecular complexity index is 873. The molecule has 1 amide bonds. The molecule has 2 aromatic carbocycles. The molecule has 0 unspecified atom stereocenters. The highest BCUT2D eigenvalue weighted by Gasteiger charge is 2.20. The Morgan fingerprint density at radius 3 is 1.93 bits per heavy atom. The number of ether oxygens (including phenoxy) is 3. The zero-order valence-corrected chi connectivity index (χ0v) is 16.8. The summed E-state index contributed by atoms with van der Waals surface area (Å²) in [5.74, 6) is 0.412. The van der Waals surface area contributed by atoms with Crippen LogP contribution in [0, 0.1) is 0 Å². The number of hydrogen-bond acceptors (Lipinski definition) is 6. The van der Waals surface area contributed by atoms with Crippen LogP contribution in [0.3, 0.4) is 0 Å². The minimum Gasteiger partial charge on any atom is -0.490 e. The van der Waals surface area contributed by atoms with Gasteiger partial charge in [0.15, 0.2) is 11.5 Å². The van der Waals surface area contributed by atoms with E-state index in [-0.39, 0.29) is 10.5 Å². The second-order valence-corrected chi connectivity index (χ2v) is 7.16. The van der Waals surface area contributed by atoms with E-state index in [0.29, 0.717) is 37.1 Å². The first kappa shape index (κ1) is 21.5. The molecule has 0 saturated carbocycles. The maximum atomic E-state index is 12.5. The number of carbonyl (C=O) groups is 1. The van der Waals surface area contributed by atoms with Gasteiger partial charge in [-0.3, -0.25) is 10.2 Å². The molecule has 0 spiro atoms. The lowest BCUT2D eigenvalue weighted by Crippen LogP contribution is -2.41. The molecular weight excluding hydrogens is 384 g/mol. The third-order valence-electron chi connectivity index (χ3n) is 3.52. The van der Waals surface area contributed by atoms with E-state index in [0.717, 1.165) is 0 Å². The highest BCUT2D eigenvalue weighted by molar-refractivity contribution is 7.89. The molecule has 152 valence electrons. The van der Waals surface area contributed by atoms with E-state index in [1.54, 1.807) is 32.0 Å². The van der Waals surface area contributed by atoms with E-state index in [1.165, 1.54) is 24.3 Å². The number of hydrazine groups is 1. The van der Waals surface area contributed by atoms with Crippen molar-refractivity contribution in [2.45, 2.75) is 25.7 Å². The van der Waals surface area contributed by atoms with Gasteiger partial charge in [0, 0.05) is 5.56 Å². The highest BCUT2D eigenvalue weighted by Crippen LogP contribution is 2.39. The molecule has 0 aliphatic rings. The van der Waals surface area contributed by atoms with Crippen molar-refractivity contribution in [1.29, 1.82) is 0 Å². The van der Waals surface area contributed by atoms with Crippen LogP contribution < -0.4 is 24.5 Å². The first-order valence-corrected chi connectivity index (χ1v) is 10.3.